The molecule has 0 bridgehead atoms. The summed E-state index contributed by atoms with van der Waals surface area (Å²) in [5, 5.41) is 3.62. The predicted molar refractivity (Wildman–Crippen MR) is 62.2 cm³/mol. The Morgan fingerprint density at radius 1 is 1.50 bits per heavy atom. The second kappa shape index (κ2) is 4.37. The fourth-order valence-electron chi connectivity index (χ4n) is 1.51. The molecule has 1 amide bonds. The molecule has 84 valence electrons. The van der Waals surface area contributed by atoms with Gasteiger partial charge in [-0.1, -0.05) is 18.2 Å². The fraction of sp³-hybridized carbons (Fsp3) is 0.250. The van der Waals surface area contributed by atoms with Crippen LogP contribution in [-0.4, -0.2) is 18.5 Å². The molecule has 0 fully saturated rings. The highest BCUT2D eigenvalue weighted by Gasteiger charge is 2.14. The molecular weight excluding hydrogens is 204 g/mol. The molecule has 1 atom stereocenters. The highest BCUT2D eigenvalue weighted by atomic mass is 16.3. The number of hydrogen-bond donors (Lipinski definition) is 2. The Bertz CT molecular complexity index is 504. The van der Waals surface area contributed by atoms with E-state index in [-0.39, 0.29) is 11.9 Å². The zero-order valence-corrected chi connectivity index (χ0v) is 9.07. The van der Waals surface area contributed by atoms with Crippen molar-refractivity contribution in [1.82, 2.24) is 5.32 Å². The van der Waals surface area contributed by atoms with Gasteiger partial charge in [0.25, 0.3) is 5.91 Å². The number of benzene rings is 1. The topological polar surface area (TPSA) is 68.3 Å². The second-order valence-electron chi connectivity index (χ2n) is 3.76. The minimum atomic E-state index is -0.150. The van der Waals surface area contributed by atoms with Crippen molar-refractivity contribution in [2.45, 2.75) is 13.0 Å². The van der Waals surface area contributed by atoms with Crippen molar-refractivity contribution in [3.05, 3.63) is 36.1 Å². The van der Waals surface area contributed by atoms with Crippen LogP contribution in [0.5, 0.6) is 0 Å². The molecule has 0 spiro atoms. The van der Waals surface area contributed by atoms with E-state index in [4.69, 9.17) is 10.2 Å². The smallest absolute Gasteiger partial charge is 0.255 e. The van der Waals surface area contributed by atoms with Gasteiger partial charge in [-0.15, -0.1) is 0 Å². The van der Waals surface area contributed by atoms with E-state index in [2.05, 4.69) is 5.32 Å². The maximum absolute atomic E-state index is 11.9. The van der Waals surface area contributed by atoms with Crippen LogP contribution in [0.1, 0.15) is 17.3 Å². The lowest BCUT2D eigenvalue weighted by atomic mass is 10.1. The van der Waals surface area contributed by atoms with Crippen LogP contribution in [0.25, 0.3) is 11.0 Å². The van der Waals surface area contributed by atoms with E-state index in [0.717, 1.165) is 5.39 Å². The highest BCUT2D eigenvalue weighted by Crippen LogP contribution is 2.20. The second-order valence-corrected chi connectivity index (χ2v) is 3.76. The standard InChI is InChI=1S/C12H14N2O2/c1-8(6-13)14-12(15)10-7-16-11-5-3-2-4-9(10)11/h2-5,7-8H,6,13H2,1H3,(H,14,15)/t8-/m1/s1. The minimum absolute atomic E-state index is 0.0406. The first kappa shape index (κ1) is 10.7. The van der Waals surface area contributed by atoms with E-state index in [1.54, 1.807) is 0 Å². The number of amides is 1. The van der Waals surface area contributed by atoms with Crippen molar-refractivity contribution in [3.63, 3.8) is 0 Å². The van der Waals surface area contributed by atoms with Crippen LogP contribution in [0.2, 0.25) is 0 Å². The zero-order chi connectivity index (χ0) is 11.5. The number of para-hydroxylation sites is 1. The summed E-state index contributed by atoms with van der Waals surface area (Å²) >= 11 is 0. The van der Waals surface area contributed by atoms with Crippen LogP contribution in [0.3, 0.4) is 0 Å². The number of carbonyl (C=O) groups is 1. The average molecular weight is 218 g/mol. The van der Waals surface area contributed by atoms with Crippen LogP contribution in [0.4, 0.5) is 0 Å². The third-order valence-electron chi connectivity index (χ3n) is 2.46. The fourth-order valence-corrected chi connectivity index (χ4v) is 1.51. The number of nitrogens with two attached hydrogens (primary N) is 1. The molecule has 0 aliphatic rings. The normalized spacial score (nSPS) is 12.6. The number of furan rings is 1. The van der Waals surface area contributed by atoms with E-state index in [9.17, 15) is 4.79 Å². The Balaban J connectivity index is 2.30. The summed E-state index contributed by atoms with van der Waals surface area (Å²) < 4.78 is 5.29. The van der Waals surface area contributed by atoms with E-state index in [1.165, 1.54) is 6.26 Å². The number of hydrogen-bond acceptors (Lipinski definition) is 3. The van der Waals surface area contributed by atoms with Crippen LogP contribution < -0.4 is 11.1 Å². The van der Waals surface area contributed by atoms with Crippen molar-refractivity contribution in [2.24, 2.45) is 5.73 Å². The highest BCUT2D eigenvalue weighted by molar-refractivity contribution is 6.05. The monoisotopic (exact) mass is 218 g/mol. The van der Waals surface area contributed by atoms with Gasteiger partial charge in [0.1, 0.15) is 11.8 Å². The molecule has 4 heteroatoms. The molecule has 0 aliphatic heterocycles. The van der Waals surface area contributed by atoms with Gasteiger partial charge < -0.3 is 15.5 Å². The van der Waals surface area contributed by atoms with Crippen molar-refractivity contribution in [1.29, 1.82) is 0 Å². The lowest BCUT2D eigenvalue weighted by Gasteiger charge is -2.09. The first-order valence-electron chi connectivity index (χ1n) is 5.19. The molecule has 4 nitrogen and oxygen atoms in total. The Morgan fingerprint density at radius 3 is 3.00 bits per heavy atom. The van der Waals surface area contributed by atoms with Gasteiger partial charge in [0, 0.05) is 18.0 Å². The third-order valence-corrected chi connectivity index (χ3v) is 2.46. The number of fused-ring (bicyclic) bond motifs is 1. The minimum Gasteiger partial charge on any atom is -0.463 e. The summed E-state index contributed by atoms with van der Waals surface area (Å²) in [6.07, 6.45) is 1.48. The van der Waals surface area contributed by atoms with Gasteiger partial charge in [0.05, 0.1) is 5.56 Å². The maximum Gasteiger partial charge on any atom is 0.255 e. The lowest BCUT2D eigenvalue weighted by Crippen LogP contribution is -2.37. The van der Waals surface area contributed by atoms with Gasteiger partial charge >= 0.3 is 0 Å². The van der Waals surface area contributed by atoms with Crippen LogP contribution in [0, 0.1) is 0 Å². The Hall–Kier alpha value is -1.81. The number of carbonyl (C=O) groups excluding carboxylic acids is 1. The number of rotatable bonds is 3. The molecular formula is C12H14N2O2. The summed E-state index contributed by atoms with van der Waals surface area (Å²) in [4.78, 5) is 11.9. The Labute approximate surface area is 93.4 Å². The number of nitrogens with one attached hydrogen (secondary N) is 1. The SMILES string of the molecule is C[C@H](CN)NC(=O)c1coc2ccccc12. The molecule has 3 N–H and O–H groups in total. The van der Waals surface area contributed by atoms with Gasteiger partial charge in [-0.3, -0.25) is 4.79 Å². The van der Waals surface area contributed by atoms with Gasteiger partial charge in [-0.25, -0.2) is 0 Å². The summed E-state index contributed by atoms with van der Waals surface area (Å²) in [6, 6.07) is 7.40. The first-order chi connectivity index (χ1) is 7.72. The third kappa shape index (κ3) is 1.92. The Kier molecular flexibility index (Phi) is 2.92. The van der Waals surface area contributed by atoms with Crippen molar-refractivity contribution in [2.75, 3.05) is 6.54 Å². The predicted octanol–water partition coefficient (Wildman–Crippen LogP) is 1.51. The lowest BCUT2D eigenvalue weighted by molar-refractivity contribution is 0.0942. The van der Waals surface area contributed by atoms with Gasteiger partial charge in [0.2, 0.25) is 0 Å². The van der Waals surface area contributed by atoms with E-state index < -0.39 is 0 Å². The van der Waals surface area contributed by atoms with Crippen molar-refractivity contribution < 1.29 is 9.21 Å². The summed E-state index contributed by atoms with van der Waals surface area (Å²) in [6.45, 7) is 2.28. The first-order valence-corrected chi connectivity index (χ1v) is 5.19. The molecule has 1 heterocycles. The van der Waals surface area contributed by atoms with E-state index >= 15 is 0 Å². The molecule has 1 aromatic carbocycles. The molecule has 2 rings (SSSR count). The largest absolute Gasteiger partial charge is 0.463 e. The molecule has 1 aromatic heterocycles. The zero-order valence-electron chi connectivity index (χ0n) is 9.07. The van der Waals surface area contributed by atoms with Crippen LogP contribution in [-0.2, 0) is 0 Å². The van der Waals surface area contributed by atoms with Crippen LogP contribution >= 0.6 is 0 Å². The summed E-state index contributed by atoms with van der Waals surface area (Å²) in [7, 11) is 0. The van der Waals surface area contributed by atoms with Gasteiger partial charge in [-0.05, 0) is 13.0 Å². The van der Waals surface area contributed by atoms with E-state index in [0.29, 0.717) is 17.7 Å². The van der Waals surface area contributed by atoms with Crippen molar-refractivity contribution in [3.8, 4) is 0 Å². The quantitative estimate of drug-likeness (QED) is 0.820. The molecule has 0 saturated carbocycles. The molecule has 0 unspecified atom stereocenters. The summed E-state index contributed by atoms with van der Waals surface area (Å²) in [5.41, 5.74) is 6.72. The maximum atomic E-state index is 11.9. The van der Waals surface area contributed by atoms with Gasteiger partial charge in [0.15, 0.2) is 0 Å². The molecule has 0 saturated heterocycles. The van der Waals surface area contributed by atoms with E-state index in [1.807, 2.05) is 31.2 Å². The molecule has 16 heavy (non-hydrogen) atoms. The molecule has 0 radical (unpaired) electrons. The molecule has 0 aliphatic carbocycles. The Morgan fingerprint density at radius 2 is 2.25 bits per heavy atom. The van der Waals surface area contributed by atoms with Crippen molar-refractivity contribution >= 4 is 16.9 Å². The average Bonchev–Trinajstić information content (AvgIpc) is 2.72. The van der Waals surface area contributed by atoms with Gasteiger partial charge in [-0.2, -0.15) is 0 Å². The molecule has 2 aromatic rings. The van der Waals surface area contributed by atoms with Crippen LogP contribution in [0.15, 0.2) is 34.9 Å². The summed E-state index contributed by atoms with van der Waals surface area (Å²) in [5.74, 6) is -0.150.